The first kappa shape index (κ1) is 20.3. The number of hydrogen-bond donors (Lipinski definition) is 0. The van der Waals surface area contributed by atoms with Gasteiger partial charge in [0.2, 0.25) is 11.5 Å². The fourth-order valence-corrected chi connectivity index (χ4v) is 2.61. The van der Waals surface area contributed by atoms with Gasteiger partial charge in [0.1, 0.15) is 0 Å². The maximum atomic E-state index is 12.6. The van der Waals surface area contributed by atoms with E-state index in [4.69, 9.17) is 18.9 Å². The second-order valence-corrected chi connectivity index (χ2v) is 6.12. The summed E-state index contributed by atoms with van der Waals surface area (Å²) in [7, 11) is 4.39. The first-order valence-electron chi connectivity index (χ1n) is 8.44. The molecule has 0 radical (unpaired) electrons. The summed E-state index contributed by atoms with van der Waals surface area (Å²) in [6.07, 6.45) is -0.932. The molecule has 0 unspecified atom stereocenters. The molecule has 1 atom stereocenters. The van der Waals surface area contributed by atoms with Crippen LogP contribution in [0.5, 0.6) is 17.2 Å². The van der Waals surface area contributed by atoms with Crippen LogP contribution in [0.1, 0.15) is 38.8 Å². The molecule has 0 aliphatic rings. The van der Waals surface area contributed by atoms with E-state index < -0.39 is 12.1 Å². The lowest BCUT2D eigenvalue weighted by Crippen LogP contribution is -2.24. The molecule has 6 heteroatoms. The normalized spacial score (nSPS) is 11.5. The molecule has 0 saturated carbocycles. The van der Waals surface area contributed by atoms with Crippen LogP contribution < -0.4 is 14.2 Å². The number of Topliss-reactive ketones (excluding diaryl/α,β-unsaturated/α-hetero) is 1. The first-order valence-corrected chi connectivity index (χ1v) is 8.44. The molecule has 6 nitrogen and oxygen atoms in total. The molecule has 2 aromatic rings. The summed E-state index contributed by atoms with van der Waals surface area (Å²) >= 11 is 0. The van der Waals surface area contributed by atoms with Crippen molar-refractivity contribution in [2.75, 3.05) is 21.3 Å². The first-order chi connectivity index (χ1) is 12.8. The summed E-state index contributed by atoms with van der Waals surface area (Å²) in [5, 5.41) is 0. The van der Waals surface area contributed by atoms with Crippen molar-refractivity contribution in [3.63, 3.8) is 0 Å². The molecule has 0 bridgehead atoms. The van der Waals surface area contributed by atoms with Gasteiger partial charge in [-0.3, -0.25) is 4.79 Å². The predicted molar refractivity (Wildman–Crippen MR) is 101 cm³/mol. The molecule has 0 aliphatic heterocycles. The number of carbonyl (C=O) groups is 2. The summed E-state index contributed by atoms with van der Waals surface area (Å²) in [5.74, 6) is 0.113. The van der Waals surface area contributed by atoms with E-state index in [1.54, 1.807) is 19.1 Å². The number of hydrogen-bond acceptors (Lipinski definition) is 6. The fraction of sp³-hybridized carbons (Fsp3) is 0.333. The number of ether oxygens (including phenoxy) is 4. The minimum Gasteiger partial charge on any atom is -0.493 e. The average Bonchev–Trinajstić information content (AvgIpc) is 2.67. The van der Waals surface area contributed by atoms with Crippen molar-refractivity contribution in [1.29, 1.82) is 0 Å². The molecule has 0 N–H and O–H groups in total. The van der Waals surface area contributed by atoms with Crippen LogP contribution in [-0.4, -0.2) is 39.2 Å². The van der Waals surface area contributed by atoms with E-state index in [0.717, 1.165) is 11.1 Å². The predicted octanol–water partition coefficient (Wildman–Crippen LogP) is 3.76. The van der Waals surface area contributed by atoms with Crippen molar-refractivity contribution in [3.8, 4) is 17.2 Å². The highest BCUT2D eigenvalue weighted by molar-refractivity contribution is 6.01. The van der Waals surface area contributed by atoms with Gasteiger partial charge in [-0.25, -0.2) is 4.79 Å². The Morgan fingerprint density at radius 2 is 1.41 bits per heavy atom. The van der Waals surface area contributed by atoms with Gasteiger partial charge >= 0.3 is 5.97 Å². The van der Waals surface area contributed by atoms with Gasteiger partial charge in [-0.1, -0.05) is 12.1 Å². The van der Waals surface area contributed by atoms with Crippen LogP contribution in [0.4, 0.5) is 0 Å². The summed E-state index contributed by atoms with van der Waals surface area (Å²) in [6.45, 7) is 5.45. The Hall–Kier alpha value is -3.02. The Morgan fingerprint density at radius 3 is 1.89 bits per heavy atom. The third-order valence-corrected chi connectivity index (χ3v) is 4.34. The molecule has 0 aromatic heterocycles. The van der Waals surface area contributed by atoms with Gasteiger partial charge in [-0.2, -0.15) is 0 Å². The highest BCUT2D eigenvalue weighted by Gasteiger charge is 2.23. The van der Waals surface area contributed by atoms with Crippen molar-refractivity contribution in [3.05, 3.63) is 52.6 Å². The van der Waals surface area contributed by atoms with Crippen molar-refractivity contribution >= 4 is 11.8 Å². The van der Waals surface area contributed by atoms with Crippen LogP contribution in [0.3, 0.4) is 0 Å². The maximum Gasteiger partial charge on any atom is 0.339 e. The molecule has 0 aliphatic carbocycles. The molecule has 0 heterocycles. The van der Waals surface area contributed by atoms with Gasteiger partial charge in [0.05, 0.1) is 26.9 Å². The van der Waals surface area contributed by atoms with Crippen LogP contribution in [-0.2, 0) is 4.74 Å². The molecule has 0 saturated heterocycles. The monoisotopic (exact) mass is 372 g/mol. The van der Waals surface area contributed by atoms with Crippen molar-refractivity contribution < 1.29 is 28.5 Å². The number of rotatable bonds is 7. The number of aryl methyl sites for hydroxylation is 2. The summed E-state index contributed by atoms with van der Waals surface area (Å²) in [6, 6.07) is 8.36. The average molecular weight is 372 g/mol. The molecule has 27 heavy (non-hydrogen) atoms. The smallest absolute Gasteiger partial charge is 0.339 e. The number of carbonyl (C=O) groups excluding carboxylic acids is 2. The van der Waals surface area contributed by atoms with Crippen LogP contribution in [0.25, 0.3) is 0 Å². The summed E-state index contributed by atoms with van der Waals surface area (Å²) in [5.41, 5.74) is 2.80. The second-order valence-electron chi connectivity index (χ2n) is 6.12. The van der Waals surface area contributed by atoms with Gasteiger partial charge in [-0.15, -0.1) is 0 Å². The van der Waals surface area contributed by atoms with Crippen molar-refractivity contribution in [2.24, 2.45) is 0 Å². The number of ketones is 1. The van der Waals surface area contributed by atoms with E-state index >= 15 is 0 Å². The standard InChI is InChI=1S/C21H24O6/c1-12-7-8-15(9-13(12)2)19(22)14(3)27-21(23)16-10-17(24-4)20(26-6)18(11-16)25-5/h7-11,14H,1-6H3/t14-/m0/s1. The Balaban J connectivity index is 2.23. The van der Waals surface area contributed by atoms with Gasteiger partial charge in [0, 0.05) is 5.56 Å². The molecule has 0 spiro atoms. The topological polar surface area (TPSA) is 71.1 Å². The lowest BCUT2D eigenvalue weighted by atomic mass is 10.0. The molecule has 2 aromatic carbocycles. The Bertz CT molecular complexity index is 831. The minimum atomic E-state index is -0.932. The summed E-state index contributed by atoms with van der Waals surface area (Å²) < 4.78 is 21.1. The zero-order valence-corrected chi connectivity index (χ0v) is 16.4. The van der Waals surface area contributed by atoms with E-state index in [0.29, 0.717) is 22.8 Å². The number of esters is 1. The molecule has 144 valence electrons. The van der Waals surface area contributed by atoms with Gasteiger partial charge < -0.3 is 18.9 Å². The Kier molecular flexibility index (Phi) is 6.45. The zero-order valence-electron chi connectivity index (χ0n) is 16.4. The molecular weight excluding hydrogens is 348 g/mol. The van der Waals surface area contributed by atoms with Gasteiger partial charge in [0.15, 0.2) is 17.6 Å². The molecule has 0 amide bonds. The molecule has 2 rings (SSSR count). The van der Waals surface area contributed by atoms with E-state index in [2.05, 4.69) is 0 Å². The summed E-state index contributed by atoms with van der Waals surface area (Å²) in [4.78, 5) is 25.1. The minimum absolute atomic E-state index is 0.198. The van der Waals surface area contributed by atoms with Crippen LogP contribution in [0.15, 0.2) is 30.3 Å². The van der Waals surface area contributed by atoms with Crippen LogP contribution in [0, 0.1) is 13.8 Å². The van der Waals surface area contributed by atoms with Gasteiger partial charge in [-0.05, 0) is 50.1 Å². The lowest BCUT2D eigenvalue weighted by molar-refractivity contribution is 0.0318. The fourth-order valence-electron chi connectivity index (χ4n) is 2.61. The Labute approximate surface area is 159 Å². The quantitative estimate of drug-likeness (QED) is 0.544. The highest BCUT2D eigenvalue weighted by atomic mass is 16.5. The van der Waals surface area contributed by atoms with E-state index in [1.807, 2.05) is 19.9 Å². The SMILES string of the molecule is COc1cc(C(=O)O[C@@H](C)C(=O)c2ccc(C)c(C)c2)cc(OC)c1OC. The Morgan fingerprint density at radius 1 is 0.815 bits per heavy atom. The lowest BCUT2D eigenvalue weighted by Gasteiger charge is -2.16. The third kappa shape index (κ3) is 4.39. The molecular formula is C21H24O6. The number of methoxy groups -OCH3 is 3. The van der Waals surface area contributed by atoms with E-state index in [9.17, 15) is 9.59 Å². The van der Waals surface area contributed by atoms with Crippen molar-refractivity contribution in [2.45, 2.75) is 26.9 Å². The van der Waals surface area contributed by atoms with E-state index in [-0.39, 0.29) is 11.3 Å². The third-order valence-electron chi connectivity index (χ3n) is 4.34. The van der Waals surface area contributed by atoms with Crippen LogP contribution in [0.2, 0.25) is 0 Å². The molecule has 0 fully saturated rings. The van der Waals surface area contributed by atoms with Crippen LogP contribution >= 0.6 is 0 Å². The largest absolute Gasteiger partial charge is 0.493 e. The highest BCUT2D eigenvalue weighted by Crippen LogP contribution is 2.38. The van der Waals surface area contributed by atoms with Crippen molar-refractivity contribution in [1.82, 2.24) is 0 Å². The number of benzene rings is 2. The van der Waals surface area contributed by atoms with Gasteiger partial charge in [0.25, 0.3) is 0 Å². The maximum absolute atomic E-state index is 12.6. The van der Waals surface area contributed by atoms with E-state index in [1.165, 1.54) is 33.5 Å². The second kappa shape index (κ2) is 8.58. The zero-order chi connectivity index (χ0) is 20.1.